The van der Waals surface area contributed by atoms with Gasteiger partial charge in [-0.1, -0.05) is 60.2 Å². The van der Waals surface area contributed by atoms with Crippen LogP contribution in [0.1, 0.15) is 11.3 Å². The van der Waals surface area contributed by atoms with Gasteiger partial charge in [0.2, 0.25) is 0 Å². The lowest BCUT2D eigenvalue weighted by Gasteiger charge is -2.08. The molecule has 0 fully saturated rings. The summed E-state index contributed by atoms with van der Waals surface area (Å²) in [5.41, 5.74) is 6.72. The van der Waals surface area contributed by atoms with E-state index in [2.05, 4.69) is 34.0 Å². The van der Waals surface area contributed by atoms with Crippen molar-refractivity contribution in [3.63, 3.8) is 0 Å². The maximum atomic E-state index is 5.30. The number of nitrogens with one attached hydrogen (secondary N) is 2. The second-order valence-corrected chi connectivity index (χ2v) is 6.66. The van der Waals surface area contributed by atoms with E-state index in [9.17, 15) is 0 Å². The summed E-state index contributed by atoms with van der Waals surface area (Å²) in [7, 11) is 0. The van der Waals surface area contributed by atoms with Crippen LogP contribution >= 0.6 is 12.2 Å². The molecule has 4 aromatic rings. The Kier molecular flexibility index (Phi) is 4.77. The minimum absolute atomic E-state index is 0.431. The molecule has 0 atom stereocenters. The quantitative estimate of drug-likeness (QED) is 0.230. The van der Waals surface area contributed by atoms with Crippen molar-refractivity contribution >= 4 is 50.9 Å². The predicted octanol–water partition coefficient (Wildman–Crippen LogP) is 5.02. The number of hydrogen-bond donors (Lipinski definition) is 2. The molecule has 2 N–H and O–H groups in total. The maximum Gasteiger partial charge on any atom is 0.191 e. The number of hydrazone groups is 1. The zero-order valence-corrected chi connectivity index (χ0v) is 15.6. The van der Waals surface area contributed by atoms with Gasteiger partial charge in [-0.05, 0) is 42.7 Å². The highest BCUT2D eigenvalue weighted by atomic mass is 32.1. The van der Waals surface area contributed by atoms with Gasteiger partial charge in [0.05, 0.1) is 17.4 Å². The third-order valence-corrected chi connectivity index (χ3v) is 4.49. The molecule has 4 nitrogen and oxygen atoms in total. The van der Waals surface area contributed by atoms with Crippen molar-refractivity contribution in [2.75, 3.05) is 5.32 Å². The van der Waals surface area contributed by atoms with Crippen LogP contribution in [-0.2, 0) is 0 Å². The molecule has 0 amide bonds. The van der Waals surface area contributed by atoms with Gasteiger partial charge in [-0.15, -0.1) is 0 Å². The molecular formula is C22H18N4S. The molecular weight excluding hydrogens is 352 g/mol. The Hall–Kier alpha value is -3.31. The van der Waals surface area contributed by atoms with Gasteiger partial charge < -0.3 is 5.32 Å². The van der Waals surface area contributed by atoms with Gasteiger partial charge in [-0.25, -0.2) is 4.98 Å². The van der Waals surface area contributed by atoms with E-state index < -0.39 is 0 Å². The second-order valence-electron chi connectivity index (χ2n) is 6.25. The van der Waals surface area contributed by atoms with E-state index in [1.54, 1.807) is 6.21 Å². The van der Waals surface area contributed by atoms with Gasteiger partial charge in [0.1, 0.15) is 0 Å². The summed E-state index contributed by atoms with van der Waals surface area (Å²) in [4.78, 5) is 4.74. The van der Waals surface area contributed by atoms with E-state index in [1.807, 2.05) is 61.5 Å². The first kappa shape index (κ1) is 17.1. The number of aromatic nitrogens is 1. The van der Waals surface area contributed by atoms with Crippen LogP contribution in [-0.4, -0.2) is 16.3 Å². The van der Waals surface area contributed by atoms with Crippen molar-refractivity contribution in [2.45, 2.75) is 6.92 Å². The van der Waals surface area contributed by atoms with Crippen LogP contribution in [0, 0.1) is 6.92 Å². The fraction of sp³-hybridized carbons (Fsp3) is 0.0455. The van der Waals surface area contributed by atoms with Gasteiger partial charge in [-0.3, -0.25) is 5.43 Å². The maximum absolute atomic E-state index is 5.30. The molecule has 1 heterocycles. The Balaban J connectivity index is 1.57. The molecule has 1 aromatic heterocycles. The third kappa shape index (κ3) is 3.78. The van der Waals surface area contributed by atoms with Crippen molar-refractivity contribution in [1.82, 2.24) is 10.4 Å². The summed E-state index contributed by atoms with van der Waals surface area (Å²) >= 11 is 5.30. The van der Waals surface area contributed by atoms with E-state index in [-0.39, 0.29) is 0 Å². The minimum Gasteiger partial charge on any atom is -0.331 e. The lowest BCUT2D eigenvalue weighted by atomic mass is 10.0. The lowest BCUT2D eigenvalue weighted by Crippen LogP contribution is -2.23. The summed E-state index contributed by atoms with van der Waals surface area (Å²) in [5.74, 6) is 0. The van der Waals surface area contributed by atoms with Gasteiger partial charge in [0.15, 0.2) is 5.11 Å². The molecule has 0 saturated carbocycles. The first-order chi connectivity index (χ1) is 13.2. The highest BCUT2D eigenvalue weighted by Gasteiger charge is 2.06. The Morgan fingerprint density at radius 2 is 1.56 bits per heavy atom. The number of anilines is 1. The molecule has 5 heteroatoms. The fourth-order valence-electron chi connectivity index (χ4n) is 2.98. The molecule has 0 saturated heterocycles. The van der Waals surface area contributed by atoms with Crippen LogP contribution in [0.25, 0.3) is 21.7 Å². The Labute approximate surface area is 162 Å². The number of pyridine rings is 1. The highest BCUT2D eigenvalue weighted by molar-refractivity contribution is 7.80. The highest BCUT2D eigenvalue weighted by Crippen LogP contribution is 2.25. The molecule has 0 aliphatic rings. The molecule has 132 valence electrons. The molecule has 27 heavy (non-hydrogen) atoms. The predicted molar refractivity (Wildman–Crippen MR) is 117 cm³/mol. The molecule has 0 spiro atoms. The van der Waals surface area contributed by atoms with Gasteiger partial charge >= 0.3 is 0 Å². The average molecular weight is 370 g/mol. The molecule has 0 bridgehead atoms. The van der Waals surface area contributed by atoms with Gasteiger partial charge in [0.25, 0.3) is 0 Å². The Bertz CT molecular complexity index is 1150. The topological polar surface area (TPSA) is 49.3 Å². The van der Waals surface area contributed by atoms with Crippen molar-refractivity contribution in [3.8, 4) is 0 Å². The standard InChI is InChI=1S/C22H18N4S/c1-15-10-12-16(13-11-15)24-22(27)26-23-14-21-19-8-3-2-6-17(19)18-7-4-5-9-20(18)25-21/h2-14H,1H3,(H2,24,26,27)/b23-14+. The fourth-order valence-corrected chi connectivity index (χ4v) is 3.15. The number of hydrogen-bond acceptors (Lipinski definition) is 3. The van der Waals surface area contributed by atoms with Gasteiger partial charge in [0, 0.05) is 16.5 Å². The summed E-state index contributed by atoms with van der Waals surface area (Å²) in [6.07, 6.45) is 1.71. The number of benzene rings is 3. The smallest absolute Gasteiger partial charge is 0.191 e. The Morgan fingerprint density at radius 3 is 2.33 bits per heavy atom. The van der Waals surface area contributed by atoms with Crippen LogP contribution < -0.4 is 10.7 Å². The van der Waals surface area contributed by atoms with Crippen LogP contribution in [0.4, 0.5) is 5.69 Å². The first-order valence-electron chi connectivity index (χ1n) is 8.65. The van der Waals surface area contributed by atoms with Gasteiger partial charge in [-0.2, -0.15) is 5.10 Å². The molecule has 4 rings (SSSR count). The van der Waals surface area contributed by atoms with E-state index in [4.69, 9.17) is 17.2 Å². The van der Waals surface area contributed by atoms with Crippen LogP contribution in [0.3, 0.4) is 0 Å². The average Bonchev–Trinajstić information content (AvgIpc) is 2.70. The largest absolute Gasteiger partial charge is 0.331 e. The first-order valence-corrected chi connectivity index (χ1v) is 9.06. The van der Waals surface area contributed by atoms with Crippen LogP contribution in [0.2, 0.25) is 0 Å². The molecule has 0 unspecified atom stereocenters. The summed E-state index contributed by atoms with van der Waals surface area (Å²) < 4.78 is 0. The number of nitrogens with zero attached hydrogens (tertiary/aromatic N) is 2. The molecule has 3 aromatic carbocycles. The molecule has 0 radical (unpaired) electrons. The van der Waals surface area contributed by atoms with E-state index in [0.29, 0.717) is 5.11 Å². The zero-order chi connectivity index (χ0) is 18.6. The number of rotatable bonds is 3. The van der Waals surface area contributed by atoms with Crippen molar-refractivity contribution in [3.05, 3.63) is 84.1 Å². The van der Waals surface area contributed by atoms with Crippen molar-refractivity contribution in [2.24, 2.45) is 5.10 Å². The molecule has 0 aliphatic heterocycles. The van der Waals surface area contributed by atoms with Crippen LogP contribution in [0.5, 0.6) is 0 Å². The summed E-state index contributed by atoms with van der Waals surface area (Å²) in [6, 6.07) is 24.3. The summed E-state index contributed by atoms with van der Waals surface area (Å²) in [5, 5.41) is 11.2. The molecule has 0 aliphatic carbocycles. The van der Waals surface area contributed by atoms with E-state index in [1.165, 1.54) is 5.56 Å². The van der Waals surface area contributed by atoms with E-state index in [0.717, 1.165) is 33.1 Å². The number of fused-ring (bicyclic) bond motifs is 3. The number of thiocarbonyl (C=S) groups is 1. The van der Waals surface area contributed by atoms with Crippen molar-refractivity contribution in [1.29, 1.82) is 0 Å². The minimum atomic E-state index is 0.431. The normalized spacial score (nSPS) is 11.1. The second kappa shape index (κ2) is 7.51. The third-order valence-electron chi connectivity index (χ3n) is 4.30. The number of aryl methyl sites for hydroxylation is 1. The SMILES string of the molecule is Cc1ccc(NC(=S)N/N=C/c2nc3ccccc3c3ccccc23)cc1. The monoisotopic (exact) mass is 370 g/mol. The zero-order valence-electron chi connectivity index (χ0n) is 14.8. The van der Waals surface area contributed by atoms with Crippen molar-refractivity contribution < 1.29 is 0 Å². The number of para-hydroxylation sites is 1. The van der Waals surface area contributed by atoms with E-state index >= 15 is 0 Å². The van der Waals surface area contributed by atoms with Crippen LogP contribution in [0.15, 0.2) is 77.9 Å². The Morgan fingerprint density at radius 1 is 0.889 bits per heavy atom. The summed E-state index contributed by atoms with van der Waals surface area (Å²) in [6.45, 7) is 2.05. The lowest BCUT2D eigenvalue weighted by molar-refractivity contribution is 1.05.